The number of amides is 2. The number of carbonyl (C=O) groups excluding carboxylic acids is 1. The molecule has 2 heterocycles. The fourth-order valence-electron chi connectivity index (χ4n) is 2.65. The van der Waals surface area contributed by atoms with Crippen molar-refractivity contribution in [1.29, 1.82) is 0 Å². The molecule has 1 aliphatic rings. The van der Waals surface area contributed by atoms with Gasteiger partial charge in [-0.15, -0.1) is 0 Å². The Labute approximate surface area is 147 Å². The van der Waals surface area contributed by atoms with Gasteiger partial charge in [-0.2, -0.15) is 4.98 Å². The molecule has 2 atom stereocenters. The highest BCUT2D eigenvalue weighted by molar-refractivity contribution is 7.85. The highest BCUT2D eigenvalue weighted by atomic mass is 32.2. The molecule has 0 aliphatic carbocycles. The molecule has 1 aromatic heterocycles. The summed E-state index contributed by atoms with van der Waals surface area (Å²) in [5.41, 5.74) is 0.837. The smallest absolute Gasteiger partial charge is 0.323 e. The van der Waals surface area contributed by atoms with Crippen molar-refractivity contribution in [2.45, 2.75) is 13.3 Å². The molecular formula is C16H19FN4O3S. The van der Waals surface area contributed by atoms with Crippen LogP contribution in [0.5, 0.6) is 0 Å². The Morgan fingerprint density at radius 2 is 2.20 bits per heavy atom. The van der Waals surface area contributed by atoms with E-state index in [2.05, 4.69) is 15.5 Å². The summed E-state index contributed by atoms with van der Waals surface area (Å²) >= 11 is 0. The second-order valence-electron chi connectivity index (χ2n) is 6.11. The van der Waals surface area contributed by atoms with Gasteiger partial charge in [0, 0.05) is 41.8 Å². The normalized spacial score (nSPS) is 21.0. The Hall–Kier alpha value is -2.29. The molecule has 3 rings (SSSR count). The van der Waals surface area contributed by atoms with Gasteiger partial charge >= 0.3 is 12.0 Å². The van der Waals surface area contributed by atoms with Crippen molar-refractivity contribution in [2.24, 2.45) is 5.92 Å². The molecule has 0 radical (unpaired) electrons. The van der Waals surface area contributed by atoms with E-state index in [0.717, 1.165) is 5.56 Å². The molecule has 2 aromatic rings. The summed E-state index contributed by atoms with van der Waals surface area (Å²) in [4.78, 5) is 18.1. The minimum atomic E-state index is -0.891. The molecular weight excluding hydrogens is 347 g/mol. The molecule has 1 saturated heterocycles. The lowest BCUT2D eigenvalue weighted by atomic mass is 10.1. The summed E-state index contributed by atoms with van der Waals surface area (Å²) in [5, 5.41) is 6.39. The van der Waals surface area contributed by atoms with Crippen LogP contribution in [0.4, 0.5) is 15.2 Å². The van der Waals surface area contributed by atoms with Crippen molar-refractivity contribution in [2.75, 3.05) is 29.9 Å². The first-order valence-corrected chi connectivity index (χ1v) is 9.46. The van der Waals surface area contributed by atoms with Crippen LogP contribution >= 0.6 is 0 Å². The molecule has 2 amide bonds. The molecule has 1 aliphatic heterocycles. The van der Waals surface area contributed by atoms with E-state index in [1.807, 2.05) is 6.92 Å². The number of nitrogens with zero attached hydrogens (tertiary/aromatic N) is 3. The van der Waals surface area contributed by atoms with Gasteiger partial charge in [-0.3, -0.25) is 9.53 Å². The van der Waals surface area contributed by atoms with Crippen molar-refractivity contribution < 1.29 is 17.9 Å². The first-order valence-electron chi connectivity index (χ1n) is 7.97. The van der Waals surface area contributed by atoms with Gasteiger partial charge < -0.3 is 9.42 Å². The standard InChI is InChI=1S/C16H19FN4O3S/c1-11-9-21(6-7-25(23)10-11)16(22)19-15-18-14(20-24-15)8-12-2-4-13(17)5-3-12/h2-5,11H,6-10H2,1H3,(H,18,19,20,22). The van der Waals surface area contributed by atoms with Crippen molar-refractivity contribution in [3.05, 3.63) is 41.5 Å². The van der Waals surface area contributed by atoms with Gasteiger partial charge in [-0.1, -0.05) is 24.2 Å². The largest absolute Gasteiger partial charge is 0.329 e. The van der Waals surface area contributed by atoms with Gasteiger partial charge in [0.1, 0.15) is 5.82 Å². The first-order chi connectivity index (χ1) is 12.0. The third kappa shape index (κ3) is 4.85. The van der Waals surface area contributed by atoms with Gasteiger partial charge in [0.05, 0.1) is 0 Å². The van der Waals surface area contributed by atoms with E-state index >= 15 is 0 Å². The van der Waals surface area contributed by atoms with Gasteiger partial charge in [0.2, 0.25) is 0 Å². The zero-order valence-electron chi connectivity index (χ0n) is 13.8. The average molecular weight is 366 g/mol. The van der Waals surface area contributed by atoms with Gasteiger partial charge in [0.25, 0.3) is 0 Å². The quantitative estimate of drug-likeness (QED) is 0.898. The fourth-order valence-corrected chi connectivity index (χ4v) is 3.98. The van der Waals surface area contributed by atoms with Gasteiger partial charge in [0.15, 0.2) is 5.82 Å². The summed E-state index contributed by atoms with van der Waals surface area (Å²) in [5.74, 6) is 1.33. The third-order valence-corrected chi connectivity index (χ3v) is 5.41. The van der Waals surface area contributed by atoms with Crippen molar-refractivity contribution >= 4 is 22.8 Å². The maximum absolute atomic E-state index is 12.9. The number of carbonyl (C=O) groups is 1. The van der Waals surface area contributed by atoms with E-state index in [4.69, 9.17) is 4.52 Å². The molecule has 2 unspecified atom stereocenters. The maximum Gasteiger partial charge on any atom is 0.329 e. The van der Waals surface area contributed by atoms with Crippen molar-refractivity contribution in [3.63, 3.8) is 0 Å². The maximum atomic E-state index is 12.9. The SMILES string of the molecule is CC1CN(C(=O)Nc2nc(Cc3ccc(F)cc3)no2)CCS(=O)C1. The van der Waals surface area contributed by atoms with Crippen LogP contribution in [0.15, 0.2) is 28.8 Å². The minimum Gasteiger partial charge on any atom is -0.323 e. The lowest BCUT2D eigenvalue weighted by Crippen LogP contribution is -2.38. The average Bonchev–Trinajstić information content (AvgIpc) is 2.92. The Kier molecular flexibility index (Phi) is 5.42. The fraction of sp³-hybridized carbons (Fsp3) is 0.438. The zero-order valence-corrected chi connectivity index (χ0v) is 14.6. The number of urea groups is 1. The number of hydrogen-bond acceptors (Lipinski definition) is 5. The number of halogens is 1. The summed E-state index contributed by atoms with van der Waals surface area (Å²) in [6.45, 7) is 2.94. The van der Waals surface area contributed by atoms with Crippen LogP contribution in [0.2, 0.25) is 0 Å². The number of anilines is 1. The lowest BCUT2D eigenvalue weighted by molar-refractivity contribution is 0.208. The molecule has 25 heavy (non-hydrogen) atoms. The summed E-state index contributed by atoms with van der Waals surface area (Å²) in [6.07, 6.45) is 0.374. The Morgan fingerprint density at radius 1 is 1.44 bits per heavy atom. The predicted octanol–water partition coefficient (Wildman–Crippen LogP) is 2.03. The van der Waals surface area contributed by atoms with E-state index in [1.54, 1.807) is 17.0 Å². The molecule has 0 bridgehead atoms. The number of rotatable bonds is 3. The molecule has 0 spiro atoms. The van der Waals surface area contributed by atoms with E-state index in [0.29, 0.717) is 36.8 Å². The first kappa shape index (κ1) is 17.5. The molecule has 9 heteroatoms. The number of nitrogens with one attached hydrogen (secondary N) is 1. The number of benzene rings is 1. The van der Waals surface area contributed by atoms with E-state index < -0.39 is 10.8 Å². The number of aromatic nitrogens is 2. The Balaban J connectivity index is 1.59. The van der Waals surface area contributed by atoms with Crippen LogP contribution in [0, 0.1) is 11.7 Å². The summed E-state index contributed by atoms with van der Waals surface area (Å²) in [6, 6.07) is 5.68. The second kappa shape index (κ2) is 7.73. The van der Waals surface area contributed by atoms with Crippen LogP contribution in [0.1, 0.15) is 18.3 Å². The van der Waals surface area contributed by atoms with E-state index in [1.165, 1.54) is 12.1 Å². The molecule has 1 fully saturated rings. The minimum absolute atomic E-state index is 0.0140. The third-order valence-electron chi connectivity index (χ3n) is 3.84. The summed E-state index contributed by atoms with van der Waals surface area (Å²) in [7, 11) is -0.891. The monoisotopic (exact) mass is 366 g/mol. The topological polar surface area (TPSA) is 88.3 Å². The van der Waals surface area contributed by atoms with Gasteiger partial charge in [-0.05, 0) is 23.6 Å². The highest BCUT2D eigenvalue weighted by Gasteiger charge is 2.23. The van der Waals surface area contributed by atoms with Crippen LogP contribution < -0.4 is 5.32 Å². The molecule has 134 valence electrons. The lowest BCUT2D eigenvalue weighted by Gasteiger charge is -2.21. The van der Waals surface area contributed by atoms with E-state index in [9.17, 15) is 13.4 Å². The summed E-state index contributed by atoms with van der Waals surface area (Å²) < 4.78 is 29.7. The Morgan fingerprint density at radius 3 is 2.96 bits per heavy atom. The van der Waals surface area contributed by atoms with E-state index in [-0.39, 0.29) is 23.8 Å². The Bertz CT molecular complexity index is 765. The second-order valence-corrected chi connectivity index (χ2v) is 7.73. The van der Waals surface area contributed by atoms with Crippen molar-refractivity contribution in [1.82, 2.24) is 15.0 Å². The van der Waals surface area contributed by atoms with Crippen LogP contribution in [-0.2, 0) is 17.2 Å². The molecule has 0 saturated carbocycles. The predicted molar refractivity (Wildman–Crippen MR) is 91.1 cm³/mol. The number of hydrogen-bond donors (Lipinski definition) is 1. The highest BCUT2D eigenvalue weighted by Crippen LogP contribution is 2.13. The van der Waals surface area contributed by atoms with Crippen LogP contribution in [0.3, 0.4) is 0 Å². The zero-order chi connectivity index (χ0) is 17.8. The molecule has 7 nitrogen and oxygen atoms in total. The van der Waals surface area contributed by atoms with Crippen molar-refractivity contribution in [3.8, 4) is 0 Å². The van der Waals surface area contributed by atoms with Crippen LogP contribution in [0.25, 0.3) is 0 Å². The molecule has 1 aromatic carbocycles. The molecule has 1 N–H and O–H groups in total. The van der Waals surface area contributed by atoms with Crippen LogP contribution in [-0.4, -0.2) is 49.9 Å². The van der Waals surface area contributed by atoms with Gasteiger partial charge in [-0.25, -0.2) is 9.18 Å².